The van der Waals surface area contributed by atoms with Gasteiger partial charge in [-0.05, 0) is 55.4 Å². The van der Waals surface area contributed by atoms with Crippen LogP contribution < -0.4 is 10.9 Å². The lowest BCUT2D eigenvalue weighted by Crippen LogP contribution is -2.22. The van der Waals surface area contributed by atoms with Gasteiger partial charge < -0.3 is 5.32 Å². The van der Waals surface area contributed by atoms with Gasteiger partial charge >= 0.3 is 0 Å². The van der Waals surface area contributed by atoms with Gasteiger partial charge in [0.05, 0.1) is 6.54 Å². The van der Waals surface area contributed by atoms with E-state index in [1.54, 1.807) is 27.8 Å². The first-order chi connectivity index (χ1) is 16.0. The van der Waals surface area contributed by atoms with Gasteiger partial charge in [-0.3, -0.25) is 9.69 Å². The maximum absolute atomic E-state index is 13.0. The van der Waals surface area contributed by atoms with E-state index in [4.69, 9.17) is 0 Å². The summed E-state index contributed by atoms with van der Waals surface area (Å²) in [7, 11) is 0. The first-order valence-corrected chi connectivity index (χ1v) is 11.2. The summed E-state index contributed by atoms with van der Waals surface area (Å²) in [5.74, 6) is 1.02. The Bertz CT molecular complexity index is 1320. The molecule has 0 spiro atoms. The Labute approximate surface area is 193 Å². The number of nitrogens with one attached hydrogen (secondary N) is 1. The molecular formula is C25H29N7O. The Morgan fingerprint density at radius 1 is 1.15 bits per heavy atom. The quantitative estimate of drug-likeness (QED) is 0.393. The standard InChI is InChI=1S/C25H29N7O/c1-5-14-31-24(33)21-16-27-25(29-23(21)32(31)22-10-8-9-13-26-22)28-20-12-11-19(18(4)15-20)17-30(6-2)7-3/h5,8-13,15-16H,1,6-7,14,17H2,2-4H3,(H,27,28,29). The zero-order valence-electron chi connectivity index (χ0n) is 19.3. The van der Waals surface area contributed by atoms with Crippen LogP contribution in [0.3, 0.4) is 0 Å². The Morgan fingerprint density at radius 3 is 2.64 bits per heavy atom. The topological polar surface area (TPSA) is 80.9 Å². The number of hydrogen-bond acceptors (Lipinski definition) is 6. The zero-order valence-corrected chi connectivity index (χ0v) is 19.3. The van der Waals surface area contributed by atoms with E-state index in [0.717, 1.165) is 25.3 Å². The van der Waals surface area contributed by atoms with Crippen molar-refractivity contribution in [3.8, 4) is 5.82 Å². The van der Waals surface area contributed by atoms with Crippen LogP contribution in [0, 0.1) is 6.92 Å². The number of rotatable bonds is 9. The van der Waals surface area contributed by atoms with E-state index in [1.807, 2.05) is 24.3 Å². The van der Waals surface area contributed by atoms with Crippen LogP contribution in [0.25, 0.3) is 16.9 Å². The van der Waals surface area contributed by atoms with Gasteiger partial charge in [0, 0.05) is 24.6 Å². The highest BCUT2D eigenvalue weighted by molar-refractivity contribution is 5.77. The molecule has 0 saturated carbocycles. The fraction of sp³-hybridized carbons (Fsp3) is 0.280. The maximum Gasteiger partial charge on any atom is 0.278 e. The minimum atomic E-state index is -0.182. The lowest BCUT2D eigenvalue weighted by Gasteiger charge is -2.19. The fourth-order valence-electron chi connectivity index (χ4n) is 3.86. The molecule has 1 N–H and O–H groups in total. The van der Waals surface area contributed by atoms with Gasteiger partial charge in [-0.1, -0.05) is 32.1 Å². The van der Waals surface area contributed by atoms with E-state index >= 15 is 0 Å². The molecule has 4 rings (SSSR count). The van der Waals surface area contributed by atoms with Crippen LogP contribution >= 0.6 is 0 Å². The second-order valence-electron chi connectivity index (χ2n) is 7.83. The zero-order chi connectivity index (χ0) is 23.4. The maximum atomic E-state index is 13.0. The van der Waals surface area contributed by atoms with Gasteiger partial charge in [0.1, 0.15) is 5.39 Å². The number of nitrogens with zero attached hydrogens (tertiary/aromatic N) is 6. The minimum Gasteiger partial charge on any atom is -0.324 e. The molecule has 0 radical (unpaired) electrons. The molecule has 0 atom stereocenters. The summed E-state index contributed by atoms with van der Waals surface area (Å²) in [6.45, 7) is 13.5. The average molecular weight is 444 g/mol. The molecule has 3 aromatic heterocycles. The highest BCUT2D eigenvalue weighted by atomic mass is 16.1. The van der Waals surface area contributed by atoms with Crippen LogP contribution in [0.1, 0.15) is 25.0 Å². The summed E-state index contributed by atoms with van der Waals surface area (Å²) in [6.07, 6.45) is 4.93. The van der Waals surface area contributed by atoms with Crippen molar-refractivity contribution in [2.24, 2.45) is 0 Å². The Hall–Kier alpha value is -3.78. The molecule has 3 heterocycles. The van der Waals surface area contributed by atoms with Crippen molar-refractivity contribution in [1.29, 1.82) is 0 Å². The molecule has 0 fully saturated rings. The number of pyridine rings is 1. The van der Waals surface area contributed by atoms with Crippen molar-refractivity contribution >= 4 is 22.7 Å². The monoisotopic (exact) mass is 443 g/mol. The van der Waals surface area contributed by atoms with Crippen LogP contribution in [-0.4, -0.2) is 42.3 Å². The minimum absolute atomic E-state index is 0.182. The highest BCUT2D eigenvalue weighted by Crippen LogP contribution is 2.21. The van der Waals surface area contributed by atoms with Crippen molar-refractivity contribution in [1.82, 2.24) is 29.2 Å². The first kappa shape index (κ1) is 22.4. The van der Waals surface area contributed by atoms with Crippen molar-refractivity contribution in [2.45, 2.75) is 33.9 Å². The number of hydrogen-bond donors (Lipinski definition) is 1. The number of benzene rings is 1. The van der Waals surface area contributed by atoms with Crippen LogP contribution in [0.2, 0.25) is 0 Å². The van der Waals surface area contributed by atoms with Crippen molar-refractivity contribution in [3.05, 3.63) is 82.9 Å². The van der Waals surface area contributed by atoms with Crippen LogP contribution in [-0.2, 0) is 13.1 Å². The van der Waals surface area contributed by atoms with Crippen LogP contribution in [0.15, 0.2) is 66.2 Å². The third-order valence-electron chi connectivity index (χ3n) is 5.73. The Kier molecular flexibility index (Phi) is 6.65. The summed E-state index contributed by atoms with van der Waals surface area (Å²) in [5.41, 5.74) is 3.71. The second-order valence-corrected chi connectivity index (χ2v) is 7.83. The number of anilines is 2. The normalized spacial score (nSPS) is 11.3. The first-order valence-electron chi connectivity index (χ1n) is 11.2. The van der Waals surface area contributed by atoms with Gasteiger partial charge in [0.15, 0.2) is 11.5 Å². The van der Waals surface area contributed by atoms with E-state index < -0.39 is 0 Å². The smallest absolute Gasteiger partial charge is 0.278 e. The summed E-state index contributed by atoms with van der Waals surface area (Å²) in [4.78, 5) is 28.8. The summed E-state index contributed by atoms with van der Waals surface area (Å²) in [5, 5.41) is 3.71. The molecule has 0 unspecified atom stereocenters. The summed E-state index contributed by atoms with van der Waals surface area (Å²) < 4.78 is 3.27. The lowest BCUT2D eigenvalue weighted by atomic mass is 10.1. The molecule has 8 heteroatoms. The number of fused-ring (bicyclic) bond motifs is 1. The SMILES string of the molecule is C=CCn1c(=O)c2cnc(Nc3ccc(CN(CC)CC)c(C)c3)nc2n1-c1ccccn1. The van der Waals surface area contributed by atoms with Crippen molar-refractivity contribution in [2.75, 3.05) is 18.4 Å². The van der Waals surface area contributed by atoms with Crippen LogP contribution in [0.5, 0.6) is 0 Å². The third-order valence-corrected chi connectivity index (χ3v) is 5.73. The molecule has 8 nitrogen and oxygen atoms in total. The molecule has 170 valence electrons. The van der Waals surface area contributed by atoms with Gasteiger partial charge in [-0.25, -0.2) is 19.3 Å². The molecular weight excluding hydrogens is 414 g/mol. The molecule has 0 amide bonds. The molecule has 0 aliphatic rings. The summed E-state index contributed by atoms with van der Waals surface area (Å²) in [6, 6.07) is 11.8. The van der Waals surface area contributed by atoms with Crippen molar-refractivity contribution in [3.63, 3.8) is 0 Å². The predicted octanol–water partition coefficient (Wildman–Crippen LogP) is 4.06. The van der Waals surface area contributed by atoms with Crippen LogP contribution in [0.4, 0.5) is 11.6 Å². The van der Waals surface area contributed by atoms with E-state index in [9.17, 15) is 4.79 Å². The van der Waals surface area contributed by atoms with E-state index in [1.165, 1.54) is 11.1 Å². The molecule has 0 bridgehead atoms. The van der Waals surface area contributed by atoms with Crippen molar-refractivity contribution < 1.29 is 0 Å². The van der Waals surface area contributed by atoms with E-state index in [0.29, 0.717) is 29.3 Å². The fourth-order valence-corrected chi connectivity index (χ4v) is 3.86. The number of aryl methyl sites for hydroxylation is 1. The highest BCUT2D eigenvalue weighted by Gasteiger charge is 2.17. The third kappa shape index (κ3) is 4.56. The number of allylic oxidation sites excluding steroid dienone is 1. The molecule has 0 aliphatic heterocycles. The largest absolute Gasteiger partial charge is 0.324 e. The molecule has 0 saturated heterocycles. The average Bonchev–Trinajstić information content (AvgIpc) is 3.10. The molecule has 0 aliphatic carbocycles. The van der Waals surface area contributed by atoms with Gasteiger partial charge in [-0.2, -0.15) is 4.98 Å². The number of aromatic nitrogens is 5. The van der Waals surface area contributed by atoms with E-state index in [2.05, 4.69) is 64.7 Å². The molecule has 4 aromatic rings. The lowest BCUT2D eigenvalue weighted by molar-refractivity contribution is 0.295. The molecule has 1 aromatic carbocycles. The second kappa shape index (κ2) is 9.79. The summed E-state index contributed by atoms with van der Waals surface area (Å²) >= 11 is 0. The van der Waals surface area contributed by atoms with Gasteiger partial charge in [0.25, 0.3) is 5.56 Å². The molecule has 33 heavy (non-hydrogen) atoms. The van der Waals surface area contributed by atoms with E-state index in [-0.39, 0.29) is 5.56 Å². The Balaban J connectivity index is 1.71. The van der Waals surface area contributed by atoms with Gasteiger partial charge in [0.2, 0.25) is 5.95 Å². The predicted molar refractivity (Wildman–Crippen MR) is 132 cm³/mol. The Morgan fingerprint density at radius 2 is 1.97 bits per heavy atom. The van der Waals surface area contributed by atoms with Gasteiger partial charge in [-0.15, -0.1) is 6.58 Å².